The number of rotatable bonds is 10. The number of hydrogen-bond donors (Lipinski definition) is 2. The van der Waals surface area contributed by atoms with Crippen LogP contribution in [0.2, 0.25) is 0 Å². The second-order valence-corrected chi connectivity index (χ2v) is 10.4. The van der Waals surface area contributed by atoms with E-state index in [-0.39, 0.29) is 23.7 Å². The molecule has 0 aliphatic rings. The Kier molecular flexibility index (Phi) is 8.30. The van der Waals surface area contributed by atoms with Gasteiger partial charge in [-0.05, 0) is 72.6 Å². The quantitative estimate of drug-likeness (QED) is 0.290. The van der Waals surface area contributed by atoms with Gasteiger partial charge in [-0.2, -0.15) is 9.98 Å². The van der Waals surface area contributed by atoms with Crippen LogP contribution in [0.25, 0.3) is 10.9 Å². The van der Waals surface area contributed by atoms with Crippen LogP contribution >= 0.6 is 0 Å². The molecule has 10 heteroatoms. The number of aromatic nitrogens is 1. The topological polar surface area (TPSA) is 121 Å². The van der Waals surface area contributed by atoms with E-state index in [1.165, 1.54) is 36.4 Å². The average Bonchev–Trinajstić information content (AvgIpc) is 3.25. The highest BCUT2D eigenvalue weighted by Crippen LogP contribution is 2.26. The van der Waals surface area contributed by atoms with Gasteiger partial charge in [0.15, 0.2) is 0 Å². The first-order valence-electron chi connectivity index (χ1n) is 11.8. The molecule has 4 aromatic rings. The van der Waals surface area contributed by atoms with E-state index < -0.39 is 22.0 Å². The molecule has 1 atom stereocenters. The van der Waals surface area contributed by atoms with Gasteiger partial charge >= 0.3 is 5.97 Å². The Bertz CT molecular complexity index is 1710. The molecule has 0 bridgehead atoms. The van der Waals surface area contributed by atoms with Gasteiger partial charge in [-0.15, -0.1) is 5.92 Å². The summed E-state index contributed by atoms with van der Waals surface area (Å²) in [5, 5.41) is 19.9. The van der Waals surface area contributed by atoms with Crippen LogP contribution in [0.15, 0.2) is 77.8 Å². The molecule has 8 nitrogen and oxygen atoms in total. The average molecular weight is 546 g/mol. The van der Waals surface area contributed by atoms with Crippen molar-refractivity contribution >= 4 is 26.9 Å². The van der Waals surface area contributed by atoms with Crippen molar-refractivity contribution in [3.8, 4) is 23.7 Å². The summed E-state index contributed by atoms with van der Waals surface area (Å²) in [4.78, 5) is 12.0. The van der Waals surface area contributed by atoms with E-state index in [9.17, 15) is 28.0 Å². The zero-order valence-electron chi connectivity index (χ0n) is 20.9. The molecule has 3 aromatic carbocycles. The van der Waals surface area contributed by atoms with E-state index in [0.717, 1.165) is 11.1 Å². The van der Waals surface area contributed by atoms with Gasteiger partial charge in [-0.25, -0.2) is 12.8 Å². The smallest absolute Gasteiger partial charge is 0.322 e. The Balaban J connectivity index is 1.62. The minimum absolute atomic E-state index is 0.117. The number of sulfonamides is 1. The number of halogens is 1. The van der Waals surface area contributed by atoms with Crippen LogP contribution in [0.3, 0.4) is 0 Å². The van der Waals surface area contributed by atoms with E-state index >= 15 is 0 Å². The van der Waals surface area contributed by atoms with E-state index in [4.69, 9.17) is 4.74 Å². The predicted octanol–water partition coefficient (Wildman–Crippen LogP) is 4.08. The number of hydrogen-bond acceptors (Lipinski definition) is 5. The van der Waals surface area contributed by atoms with Crippen molar-refractivity contribution in [2.75, 3.05) is 6.61 Å². The van der Waals surface area contributed by atoms with Crippen LogP contribution in [-0.4, -0.2) is 36.7 Å². The maximum Gasteiger partial charge on any atom is 0.322 e. The summed E-state index contributed by atoms with van der Waals surface area (Å²) in [6.07, 6.45) is 1.55. The van der Waals surface area contributed by atoms with Crippen molar-refractivity contribution in [2.24, 2.45) is 0 Å². The van der Waals surface area contributed by atoms with Crippen molar-refractivity contribution in [1.82, 2.24) is 9.29 Å². The van der Waals surface area contributed by atoms with Gasteiger partial charge in [-0.1, -0.05) is 18.1 Å². The fourth-order valence-corrected chi connectivity index (χ4v) is 5.27. The summed E-state index contributed by atoms with van der Waals surface area (Å²) in [5.74, 6) is 4.14. The molecular weight excluding hydrogens is 521 g/mol. The van der Waals surface area contributed by atoms with Crippen molar-refractivity contribution in [1.29, 1.82) is 5.26 Å². The first kappa shape index (κ1) is 27.4. The first-order chi connectivity index (χ1) is 18.7. The monoisotopic (exact) mass is 545 g/mol. The number of nitriles is 1. The van der Waals surface area contributed by atoms with Crippen molar-refractivity contribution in [2.45, 2.75) is 30.8 Å². The summed E-state index contributed by atoms with van der Waals surface area (Å²) in [6, 6.07) is 17.2. The van der Waals surface area contributed by atoms with Crippen molar-refractivity contribution < 1.29 is 27.4 Å². The lowest BCUT2D eigenvalue weighted by atomic mass is 10.0. The van der Waals surface area contributed by atoms with Gasteiger partial charge in [0.05, 0.1) is 16.5 Å². The summed E-state index contributed by atoms with van der Waals surface area (Å²) in [6.45, 7) is 2.20. The second-order valence-electron chi connectivity index (χ2n) is 8.66. The Labute approximate surface area is 225 Å². The third kappa shape index (κ3) is 6.63. The minimum Gasteiger partial charge on any atom is -0.481 e. The zero-order valence-corrected chi connectivity index (χ0v) is 21.7. The van der Waals surface area contributed by atoms with Crippen LogP contribution in [0, 0.1) is 29.0 Å². The minimum atomic E-state index is -4.19. The van der Waals surface area contributed by atoms with Crippen molar-refractivity contribution in [3.63, 3.8) is 0 Å². The van der Waals surface area contributed by atoms with Crippen LogP contribution in [0.1, 0.15) is 23.6 Å². The maximum atomic E-state index is 13.4. The molecule has 39 heavy (non-hydrogen) atoms. The molecule has 0 aliphatic heterocycles. The van der Waals surface area contributed by atoms with E-state index in [2.05, 4.69) is 22.6 Å². The molecule has 0 saturated carbocycles. The number of fused-ring (bicyclic) bond motifs is 1. The molecule has 0 amide bonds. The number of aliphatic carboxylic acids is 1. The summed E-state index contributed by atoms with van der Waals surface area (Å²) >= 11 is 0. The Morgan fingerprint density at radius 2 is 1.85 bits per heavy atom. The maximum absolute atomic E-state index is 13.4. The van der Waals surface area contributed by atoms with Crippen LogP contribution in [-0.2, 0) is 27.8 Å². The lowest BCUT2D eigenvalue weighted by Gasteiger charge is -2.15. The fourth-order valence-electron chi connectivity index (χ4n) is 4.08. The molecule has 0 aliphatic carbocycles. The highest BCUT2D eigenvalue weighted by Gasteiger charge is 2.27. The normalized spacial score (nSPS) is 11.8. The first-order valence-corrected chi connectivity index (χ1v) is 13.3. The molecule has 0 fully saturated rings. The van der Waals surface area contributed by atoms with Crippen LogP contribution < -0.4 is 9.46 Å². The lowest BCUT2D eigenvalue weighted by molar-refractivity contribution is -0.138. The van der Waals surface area contributed by atoms with Crippen LogP contribution in [0.4, 0.5) is 4.39 Å². The third-order valence-electron chi connectivity index (χ3n) is 6.00. The molecule has 0 spiro atoms. The molecule has 1 aromatic heterocycles. The SMILES string of the molecule is CC#CCOc1ccc(S(=O)(=O)NC(Cc2cn(Cc3ccc(F)cc3)c3ccc(C#N)cc23)C(=O)O)cc1. The number of nitrogens with zero attached hydrogens (tertiary/aromatic N) is 2. The van der Waals surface area contributed by atoms with Gasteiger partial charge in [0.25, 0.3) is 0 Å². The molecule has 0 radical (unpaired) electrons. The summed E-state index contributed by atoms with van der Waals surface area (Å²) in [5.41, 5.74) is 2.46. The van der Waals surface area contributed by atoms with Gasteiger partial charge < -0.3 is 14.4 Å². The number of nitrogens with one attached hydrogen (secondary N) is 1. The Morgan fingerprint density at radius 3 is 2.49 bits per heavy atom. The van der Waals surface area contributed by atoms with Gasteiger partial charge in [0.2, 0.25) is 10.0 Å². The molecule has 198 valence electrons. The molecule has 1 heterocycles. The molecule has 4 rings (SSSR count). The standard InChI is InChI=1S/C29H24FN3O5S/c1-2-3-14-38-24-9-11-25(12-10-24)39(36,37)32-27(29(34)35)16-22-19-33(18-20-4-7-23(30)8-5-20)28-13-6-21(17-31)15-26(22)28/h4-13,15,19,27,32H,14,16,18H2,1H3,(H,34,35). The summed E-state index contributed by atoms with van der Waals surface area (Å²) < 4.78 is 49.0. The number of carboxylic acid groups (broad SMARTS) is 1. The molecule has 0 saturated heterocycles. The zero-order chi connectivity index (χ0) is 28.0. The fraction of sp³-hybridized carbons (Fsp3) is 0.172. The van der Waals surface area contributed by atoms with E-state index in [1.807, 2.05) is 4.57 Å². The number of carbonyl (C=O) groups is 1. The number of ether oxygens (including phenoxy) is 1. The third-order valence-corrected chi connectivity index (χ3v) is 7.49. The van der Waals surface area contributed by atoms with Crippen molar-refractivity contribution in [3.05, 3.63) is 95.4 Å². The molecule has 2 N–H and O–H groups in total. The molecule has 1 unspecified atom stereocenters. The van der Waals surface area contributed by atoms with Crippen LogP contribution in [0.5, 0.6) is 5.75 Å². The number of benzene rings is 3. The molecular formula is C29H24FN3O5S. The van der Waals surface area contributed by atoms with E-state index in [1.54, 1.807) is 43.5 Å². The van der Waals surface area contributed by atoms with Gasteiger partial charge in [-0.3, -0.25) is 4.79 Å². The largest absolute Gasteiger partial charge is 0.481 e. The van der Waals surface area contributed by atoms with Gasteiger partial charge in [0.1, 0.15) is 24.2 Å². The van der Waals surface area contributed by atoms with E-state index in [0.29, 0.717) is 28.8 Å². The number of carboxylic acids is 1. The highest BCUT2D eigenvalue weighted by molar-refractivity contribution is 7.89. The Morgan fingerprint density at radius 1 is 1.13 bits per heavy atom. The predicted molar refractivity (Wildman–Crippen MR) is 143 cm³/mol. The highest BCUT2D eigenvalue weighted by atomic mass is 32.2. The summed E-state index contributed by atoms with van der Waals surface area (Å²) in [7, 11) is -4.19. The second kappa shape index (κ2) is 11.8. The lowest BCUT2D eigenvalue weighted by Crippen LogP contribution is -2.42. The Hall–Kier alpha value is -4.64. The van der Waals surface area contributed by atoms with Gasteiger partial charge in [0, 0.05) is 30.1 Å².